The number of ketones is 1. The topological polar surface area (TPSA) is 146 Å². The molecule has 1 aromatic rings. The Bertz CT molecular complexity index is 1100. The highest BCUT2D eigenvalue weighted by atomic mass is 16.5. The molecule has 0 spiro atoms. The molecule has 2 amide bonds. The molecule has 2 aliphatic carbocycles. The van der Waals surface area contributed by atoms with Crippen molar-refractivity contribution in [3.8, 4) is 11.5 Å². The minimum absolute atomic E-state index is 0.0172. The van der Waals surface area contributed by atoms with E-state index in [1.165, 1.54) is 14.0 Å². The second kappa shape index (κ2) is 12.9. The number of aliphatic hydroxyl groups is 3. The van der Waals surface area contributed by atoms with Gasteiger partial charge in [-0.25, -0.2) is 0 Å². The summed E-state index contributed by atoms with van der Waals surface area (Å²) in [6, 6.07) is 2.49. The van der Waals surface area contributed by atoms with Crippen molar-refractivity contribution in [1.29, 1.82) is 0 Å². The van der Waals surface area contributed by atoms with Gasteiger partial charge in [0.2, 0.25) is 11.8 Å². The van der Waals surface area contributed by atoms with E-state index >= 15 is 0 Å². The van der Waals surface area contributed by atoms with Crippen molar-refractivity contribution in [2.24, 2.45) is 0 Å². The molecule has 1 heterocycles. The Labute approximate surface area is 229 Å². The predicted molar refractivity (Wildman–Crippen MR) is 142 cm³/mol. The van der Waals surface area contributed by atoms with Gasteiger partial charge in [-0.15, -0.1) is 0 Å². The first-order valence-corrected chi connectivity index (χ1v) is 13.9. The largest absolute Gasteiger partial charge is 0.493 e. The molecule has 0 saturated heterocycles. The summed E-state index contributed by atoms with van der Waals surface area (Å²) >= 11 is 0. The second-order valence-electron chi connectivity index (χ2n) is 10.7. The van der Waals surface area contributed by atoms with Crippen LogP contribution in [-0.4, -0.2) is 82.4 Å². The standard InChI is InChI=1S/C29H40N2O8/c1-17(34)7-6-10-24(35)31(19-8-4-3-5-9-19)22-15-21(29(37)30-11-12-32)25-20-13-18(16-33)14-23(38-2)27(20)39-28(25)26(22)36/h13-15,19,22,25-26,28,32-33,36H,3-12,16H2,1-2H3,(H,30,37). The Hall–Kier alpha value is -2.95. The van der Waals surface area contributed by atoms with Gasteiger partial charge in [0.1, 0.15) is 18.0 Å². The van der Waals surface area contributed by atoms with Gasteiger partial charge in [-0.2, -0.15) is 0 Å². The zero-order valence-corrected chi connectivity index (χ0v) is 22.7. The van der Waals surface area contributed by atoms with E-state index in [0.717, 1.165) is 32.1 Å². The van der Waals surface area contributed by atoms with Crippen LogP contribution in [0.15, 0.2) is 23.8 Å². The number of benzene rings is 1. The first kappa shape index (κ1) is 29.0. The number of hydrogen-bond donors (Lipinski definition) is 4. The summed E-state index contributed by atoms with van der Waals surface area (Å²) < 4.78 is 11.8. The molecule has 0 bridgehead atoms. The predicted octanol–water partition coefficient (Wildman–Crippen LogP) is 1.73. The molecule has 39 heavy (non-hydrogen) atoms. The van der Waals surface area contributed by atoms with Crippen LogP contribution in [0.1, 0.15) is 75.3 Å². The van der Waals surface area contributed by atoms with Crippen molar-refractivity contribution in [2.75, 3.05) is 20.3 Å². The second-order valence-corrected chi connectivity index (χ2v) is 10.7. The number of ether oxygens (including phenoxy) is 2. The number of fused-ring (bicyclic) bond motifs is 3. The summed E-state index contributed by atoms with van der Waals surface area (Å²) in [5.74, 6) is -0.451. The van der Waals surface area contributed by atoms with Crippen molar-refractivity contribution in [1.82, 2.24) is 10.2 Å². The SMILES string of the molecule is COc1cc(CO)cc2c1OC1C2C(C(=O)NCCO)=CC(N(C(=O)CCCC(C)=O)C2CCCCC2)C1O. The molecule has 4 N–H and O–H groups in total. The molecule has 1 saturated carbocycles. The summed E-state index contributed by atoms with van der Waals surface area (Å²) in [4.78, 5) is 40.3. The Kier molecular flexibility index (Phi) is 9.63. The van der Waals surface area contributed by atoms with Gasteiger partial charge in [-0.05, 0) is 50.0 Å². The van der Waals surface area contributed by atoms with Crippen molar-refractivity contribution in [3.63, 3.8) is 0 Å². The summed E-state index contributed by atoms with van der Waals surface area (Å²) in [5, 5.41) is 33.6. The highest BCUT2D eigenvalue weighted by Gasteiger charge is 2.52. The molecule has 4 atom stereocenters. The first-order valence-electron chi connectivity index (χ1n) is 13.9. The van der Waals surface area contributed by atoms with Gasteiger partial charge in [-0.3, -0.25) is 9.59 Å². The number of aliphatic hydroxyl groups excluding tert-OH is 3. The minimum atomic E-state index is -1.14. The van der Waals surface area contributed by atoms with Gasteiger partial charge in [0.15, 0.2) is 11.5 Å². The van der Waals surface area contributed by atoms with Gasteiger partial charge in [-0.1, -0.05) is 19.3 Å². The molecule has 4 rings (SSSR count). The lowest BCUT2D eigenvalue weighted by Crippen LogP contribution is -2.58. The molecule has 214 valence electrons. The maximum atomic E-state index is 13.7. The van der Waals surface area contributed by atoms with E-state index in [1.807, 2.05) is 0 Å². The van der Waals surface area contributed by atoms with Gasteiger partial charge in [0.25, 0.3) is 0 Å². The number of carbonyl (C=O) groups is 3. The molecular formula is C29H40N2O8. The van der Waals surface area contributed by atoms with Crippen LogP contribution in [-0.2, 0) is 21.0 Å². The molecule has 1 aliphatic heterocycles. The summed E-state index contributed by atoms with van der Waals surface area (Å²) in [6.07, 6.45) is 5.16. The van der Waals surface area contributed by atoms with Crippen molar-refractivity contribution in [3.05, 3.63) is 34.9 Å². The van der Waals surface area contributed by atoms with Crippen molar-refractivity contribution < 1.29 is 39.2 Å². The highest BCUT2D eigenvalue weighted by Crippen LogP contribution is 2.51. The lowest BCUT2D eigenvalue weighted by molar-refractivity contribution is -0.141. The zero-order valence-electron chi connectivity index (χ0n) is 22.7. The van der Waals surface area contributed by atoms with Crippen LogP contribution < -0.4 is 14.8 Å². The molecule has 3 aliphatic rings. The smallest absolute Gasteiger partial charge is 0.247 e. The quantitative estimate of drug-likeness (QED) is 0.330. The van der Waals surface area contributed by atoms with E-state index in [1.54, 1.807) is 23.1 Å². The van der Waals surface area contributed by atoms with Crippen LogP contribution in [0.2, 0.25) is 0 Å². The number of methoxy groups -OCH3 is 1. The number of carbonyl (C=O) groups excluding carboxylic acids is 3. The van der Waals surface area contributed by atoms with Gasteiger partial charge in [0.05, 0.1) is 32.3 Å². The maximum absolute atomic E-state index is 13.7. The summed E-state index contributed by atoms with van der Waals surface area (Å²) in [6.45, 7) is 1.06. The number of Topliss-reactive ketones (excluding diaryl/α,β-unsaturated/α-hetero) is 1. The molecule has 0 aromatic heterocycles. The zero-order chi connectivity index (χ0) is 28.1. The van der Waals surface area contributed by atoms with Crippen LogP contribution in [0.3, 0.4) is 0 Å². The third kappa shape index (κ3) is 6.13. The van der Waals surface area contributed by atoms with E-state index in [4.69, 9.17) is 9.47 Å². The average molecular weight is 545 g/mol. The number of amides is 2. The fourth-order valence-electron chi connectivity index (χ4n) is 6.18. The molecule has 0 radical (unpaired) electrons. The van der Waals surface area contributed by atoms with Crippen molar-refractivity contribution >= 4 is 17.6 Å². The van der Waals surface area contributed by atoms with Gasteiger partial charge in [0, 0.05) is 36.6 Å². The van der Waals surface area contributed by atoms with Gasteiger partial charge < -0.3 is 39.8 Å². The van der Waals surface area contributed by atoms with Crippen LogP contribution in [0.5, 0.6) is 11.5 Å². The number of hydrogen-bond acceptors (Lipinski definition) is 8. The first-order chi connectivity index (χ1) is 18.8. The van der Waals surface area contributed by atoms with Gasteiger partial charge >= 0.3 is 0 Å². The van der Waals surface area contributed by atoms with E-state index < -0.39 is 30.1 Å². The molecule has 10 heteroatoms. The maximum Gasteiger partial charge on any atom is 0.247 e. The molecule has 1 fully saturated rings. The third-order valence-corrected chi connectivity index (χ3v) is 7.99. The Balaban J connectivity index is 1.77. The van der Waals surface area contributed by atoms with Crippen LogP contribution in [0.4, 0.5) is 0 Å². The Morgan fingerprint density at radius 3 is 2.51 bits per heavy atom. The molecule has 1 aromatic carbocycles. The van der Waals surface area contributed by atoms with E-state index in [9.17, 15) is 29.7 Å². The van der Waals surface area contributed by atoms with Crippen LogP contribution in [0, 0.1) is 0 Å². The Morgan fingerprint density at radius 1 is 1.13 bits per heavy atom. The molecule has 10 nitrogen and oxygen atoms in total. The fourth-order valence-corrected chi connectivity index (χ4v) is 6.18. The minimum Gasteiger partial charge on any atom is -0.493 e. The van der Waals surface area contributed by atoms with E-state index in [2.05, 4.69) is 5.32 Å². The third-order valence-electron chi connectivity index (χ3n) is 7.99. The number of rotatable bonds is 11. The fraction of sp³-hybridized carbons (Fsp3) is 0.621. The van der Waals surface area contributed by atoms with E-state index in [0.29, 0.717) is 41.0 Å². The number of nitrogens with one attached hydrogen (secondary N) is 1. The number of nitrogens with zero attached hydrogens (tertiary/aromatic N) is 1. The lowest BCUT2D eigenvalue weighted by atomic mass is 9.76. The molecular weight excluding hydrogens is 504 g/mol. The molecule has 4 unspecified atom stereocenters. The summed E-state index contributed by atoms with van der Waals surface area (Å²) in [7, 11) is 1.48. The Morgan fingerprint density at radius 2 is 1.87 bits per heavy atom. The van der Waals surface area contributed by atoms with Crippen molar-refractivity contribution in [2.45, 2.75) is 95.1 Å². The summed E-state index contributed by atoms with van der Waals surface area (Å²) in [5.41, 5.74) is 1.52. The highest BCUT2D eigenvalue weighted by molar-refractivity contribution is 5.96. The lowest BCUT2D eigenvalue weighted by Gasteiger charge is -2.45. The monoisotopic (exact) mass is 544 g/mol. The van der Waals surface area contributed by atoms with Crippen LogP contribution in [0.25, 0.3) is 0 Å². The average Bonchev–Trinajstić information content (AvgIpc) is 3.33. The van der Waals surface area contributed by atoms with Crippen LogP contribution >= 0.6 is 0 Å². The normalized spacial score (nSPS) is 24.2. The van der Waals surface area contributed by atoms with E-state index in [-0.39, 0.29) is 43.9 Å².